The van der Waals surface area contributed by atoms with Crippen LogP contribution in [0.5, 0.6) is 0 Å². The number of unbranched alkanes of at least 4 members (excludes halogenated alkanes) is 7. The summed E-state index contributed by atoms with van der Waals surface area (Å²) in [5.41, 5.74) is 5.41. The summed E-state index contributed by atoms with van der Waals surface area (Å²) < 4.78 is 0. The second kappa shape index (κ2) is 15.1. The van der Waals surface area contributed by atoms with Crippen molar-refractivity contribution < 1.29 is 0 Å². The van der Waals surface area contributed by atoms with Gasteiger partial charge in [0.25, 0.3) is 0 Å². The van der Waals surface area contributed by atoms with E-state index in [1.54, 1.807) is 0 Å². The molecule has 19 heavy (non-hydrogen) atoms. The van der Waals surface area contributed by atoms with E-state index in [1.807, 2.05) is 0 Å². The number of hydrogen-bond donors (Lipinski definition) is 1. The third-order valence-electron chi connectivity index (χ3n) is 2.66. The molecule has 0 heterocycles. The average molecular weight is 277 g/mol. The first-order chi connectivity index (χ1) is 9.27. The maximum absolute atomic E-state index is 5.41. The summed E-state index contributed by atoms with van der Waals surface area (Å²) in [7, 11) is 0. The molecule has 0 aliphatic rings. The Hall–Kier alpha value is -0.990. The number of hydrogen-bond acceptors (Lipinski definition) is 2. The third kappa shape index (κ3) is 17.0. The van der Waals surface area contributed by atoms with Crippen molar-refractivity contribution in [3.05, 3.63) is 11.6 Å². The van der Waals surface area contributed by atoms with Crippen molar-refractivity contribution in [2.24, 2.45) is 5.73 Å². The Kier molecular flexibility index (Phi) is 14.3. The smallest absolute Gasteiger partial charge is 0.0702 e. The van der Waals surface area contributed by atoms with Crippen LogP contribution in [0.4, 0.5) is 0 Å². The van der Waals surface area contributed by atoms with E-state index in [0.29, 0.717) is 11.4 Å². The van der Waals surface area contributed by atoms with Gasteiger partial charge in [0.1, 0.15) is 0 Å². The van der Waals surface area contributed by atoms with Crippen molar-refractivity contribution >= 4 is 11.8 Å². The van der Waals surface area contributed by atoms with Gasteiger partial charge in [0, 0.05) is 6.42 Å². The van der Waals surface area contributed by atoms with E-state index in [9.17, 15) is 0 Å². The van der Waals surface area contributed by atoms with Crippen molar-refractivity contribution in [2.45, 2.75) is 64.7 Å². The van der Waals surface area contributed by atoms with Crippen LogP contribution in [0, 0.1) is 23.7 Å². The van der Waals surface area contributed by atoms with E-state index >= 15 is 0 Å². The highest BCUT2D eigenvalue weighted by atomic mass is 32.2. The van der Waals surface area contributed by atoms with Crippen molar-refractivity contribution in [1.29, 1.82) is 0 Å². The highest BCUT2D eigenvalue weighted by molar-refractivity contribution is 8.03. The van der Waals surface area contributed by atoms with Gasteiger partial charge in [-0.05, 0) is 6.42 Å². The molecule has 0 unspecified atom stereocenters. The van der Waals surface area contributed by atoms with Crippen LogP contribution in [0.25, 0.3) is 0 Å². The van der Waals surface area contributed by atoms with Gasteiger partial charge in [-0.15, -0.1) is 5.92 Å². The summed E-state index contributed by atoms with van der Waals surface area (Å²) in [4.78, 5) is 0. The zero-order valence-corrected chi connectivity index (χ0v) is 13.1. The van der Waals surface area contributed by atoms with Crippen LogP contribution in [0.3, 0.4) is 0 Å². The largest absolute Gasteiger partial charge is 0.394 e. The fourth-order valence-corrected chi connectivity index (χ4v) is 1.97. The second-order valence-electron chi connectivity index (χ2n) is 4.51. The van der Waals surface area contributed by atoms with E-state index < -0.39 is 0 Å². The van der Waals surface area contributed by atoms with E-state index in [0.717, 1.165) is 12.2 Å². The summed E-state index contributed by atoms with van der Waals surface area (Å²) in [5.74, 6) is 13.0. The summed E-state index contributed by atoms with van der Waals surface area (Å²) in [6, 6.07) is 0. The molecule has 0 aliphatic carbocycles. The molecule has 0 aromatic heterocycles. The molecular formula is C17H27NS. The van der Waals surface area contributed by atoms with Gasteiger partial charge in [0.15, 0.2) is 0 Å². The lowest BCUT2D eigenvalue weighted by Crippen LogP contribution is -1.88. The molecule has 0 radical (unpaired) electrons. The lowest BCUT2D eigenvalue weighted by Gasteiger charge is -1.97. The molecular weight excluding hydrogens is 250 g/mol. The van der Waals surface area contributed by atoms with Crippen molar-refractivity contribution in [1.82, 2.24) is 0 Å². The van der Waals surface area contributed by atoms with Crippen LogP contribution < -0.4 is 5.73 Å². The topological polar surface area (TPSA) is 26.0 Å². The second-order valence-corrected chi connectivity index (χ2v) is 5.61. The van der Waals surface area contributed by atoms with E-state index in [2.05, 4.69) is 37.2 Å². The SMILES string of the molecule is C=C(N)SCC#CCC#CCCCCCCCCC. The van der Waals surface area contributed by atoms with Crippen LogP contribution >= 0.6 is 11.8 Å². The van der Waals surface area contributed by atoms with Crippen LogP contribution in [-0.4, -0.2) is 5.75 Å². The molecule has 0 spiro atoms. The minimum absolute atomic E-state index is 0.624. The Morgan fingerprint density at radius 1 is 0.947 bits per heavy atom. The van der Waals surface area contributed by atoms with Gasteiger partial charge >= 0.3 is 0 Å². The van der Waals surface area contributed by atoms with E-state index in [1.165, 1.54) is 56.7 Å². The Morgan fingerprint density at radius 3 is 2.26 bits per heavy atom. The zero-order chi connectivity index (χ0) is 14.2. The monoisotopic (exact) mass is 277 g/mol. The van der Waals surface area contributed by atoms with Gasteiger partial charge in [-0.2, -0.15) is 0 Å². The normalized spacial score (nSPS) is 9.11. The number of rotatable bonds is 9. The molecule has 0 aliphatic heterocycles. The standard InChI is InChI=1S/C17H27NS/c1-3-4-5-6-7-8-9-10-11-12-13-14-15-16-19-17(2)18/h2-10,13,16,18H2,1H3. The zero-order valence-electron chi connectivity index (χ0n) is 12.3. The minimum atomic E-state index is 0.624. The van der Waals surface area contributed by atoms with Crippen molar-refractivity contribution in [2.75, 3.05) is 5.75 Å². The first-order valence-electron chi connectivity index (χ1n) is 7.26. The molecule has 1 nitrogen and oxygen atoms in total. The molecule has 106 valence electrons. The molecule has 0 aromatic rings. The maximum Gasteiger partial charge on any atom is 0.0702 e. The maximum atomic E-state index is 5.41. The molecule has 2 heteroatoms. The Balaban J connectivity index is 3.28. The summed E-state index contributed by atoms with van der Waals surface area (Å²) in [6.07, 6.45) is 11.1. The molecule has 0 rings (SSSR count). The molecule has 0 aromatic carbocycles. The lowest BCUT2D eigenvalue weighted by molar-refractivity contribution is 0.594. The van der Waals surface area contributed by atoms with Crippen LogP contribution in [0.2, 0.25) is 0 Å². The molecule has 0 atom stereocenters. The van der Waals surface area contributed by atoms with Crippen LogP contribution in [0.15, 0.2) is 11.6 Å². The molecule has 0 fully saturated rings. The van der Waals surface area contributed by atoms with Crippen molar-refractivity contribution in [3.63, 3.8) is 0 Å². The first kappa shape index (κ1) is 18.0. The lowest BCUT2D eigenvalue weighted by atomic mass is 10.1. The fourth-order valence-electron chi connectivity index (χ4n) is 1.61. The van der Waals surface area contributed by atoms with Gasteiger partial charge in [-0.3, -0.25) is 0 Å². The van der Waals surface area contributed by atoms with Crippen LogP contribution in [-0.2, 0) is 0 Å². The van der Waals surface area contributed by atoms with Gasteiger partial charge in [0.2, 0.25) is 0 Å². The summed E-state index contributed by atoms with van der Waals surface area (Å²) in [5, 5.41) is 0.624. The number of nitrogens with two attached hydrogens (primary N) is 1. The third-order valence-corrected chi connectivity index (χ3v) is 3.32. The summed E-state index contributed by atoms with van der Waals surface area (Å²) >= 11 is 1.48. The fraction of sp³-hybridized carbons (Fsp3) is 0.647. The Bertz CT molecular complexity index is 338. The quantitative estimate of drug-likeness (QED) is 0.489. The summed E-state index contributed by atoms with van der Waals surface area (Å²) in [6.45, 7) is 5.85. The Morgan fingerprint density at radius 2 is 1.58 bits per heavy atom. The predicted molar refractivity (Wildman–Crippen MR) is 88.6 cm³/mol. The Labute approximate surface area is 123 Å². The van der Waals surface area contributed by atoms with Gasteiger partial charge in [-0.1, -0.05) is 81.6 Å². The van der Waals surface area contributed by atoms with E-state index in [4.69, 9.17) is 5.73 Å². The molecule has 2 N–H and O–H groups in total. The molecule has 0 saturated heterocycles. The highest BCUT2D eigenvalue weighted by Crippen LogP contribution is 2.07. The van der Waals surface area contributed by atoms with Gasteiger partial charge in [-0.25, -0.2) is 0 Å². The average Bonchev–Trinajstić information content (AvgIpc) is 2.39. The predicted octanol–water partition coefficient (Wildman–Crippen LogP) is 4.69. The van der Waals surface area contributed by atoms with Gasteiger partial charge < -0.3 is 5.73 Å². The van der Waals surface area contributed by atoms with Gasteiger partial charge in [0.05, 0.1) is 17.2 Å². The van der Waals surface area contributed by atoms with Crippen LogP contribution in [0.1, 0.15) is 64.7 Å². The van der Waals surface area contributed by atoms with Crippen molar-refractivity contribution in [3.8, 4) is 23.7 Å². The molecule has 0 amide bonds. The minimum Gasteiger partial charge on any atom is -0.394 e. The molecule has 0 bridgehead atoms. The number of thioether (sulfide) groups is 1. The first-order valence-corrected chi connectivity index (χ1v) is 8.24. The van der Waals surface area contributed by atoms with E-state index in [-0.39, 0.29) is 0 Å². The highest BCUT2D eigenvalue weighted by Gasteiger charge is 1.88. The molecule has 0 saturated carbocycles.